The Morgan fingerprint density at radius 2 is 2.40 bits per heavy atom. The first-order valence-electron chi connectivity index (χ1n) is 4.55. The molecule has 1 rings (SSSR count). The lowest BCUT2D eigenvalue weighted by Gasteiger charge is -2.02. The average molecular weight is 246 g/mol. The fraction of sp³-hybridized carbons (Fsp3) is 0.556. The molecule has 0 spiro atoms. The molecule has 0 bridgehead atoms. The molecule has 0 aliphatic heterocycles. The van der Waals surface area contributed by atoms with Crippen LogP contribution in [0.15, 0.2) is 5.38 Å². The highest BCUT2D eigenvalue weighted by Gasteiger charge is 2.17. The normalized spacial score (nSPS) is 13.1. The minimum atomic E-state index is -1.04. The molecule has 1 atom stereocenters. The first-order chi connectivity index (χ1) is 7.00. The molecule has 3 N–H and O–H groups in total. The van der Waals surface area contributed by atoms with Crippen LogP contribution in [0.25, 0.3) is 0 Å². The summed E-state index contributed by atoms with van der Waals surface area (Å²) in [5, 5.41) is 11.9. The monoisotopic (exact) mass is 246 g/mol. The van der Waals surface area contributed by atoms with Crippen LogP contribution in [0.5, 0.6) is 0 Å². The molecular weight excluding hydrogens is 232 g/mol. The van der Waals surface area contributed by atoms with Crippen molar-refractivity contribution in [3.8, 4) is 0 Å². The van der Waals surface area contributed by atoms with Crippen LogP contribution in [0.3, 0.4) is 0 Å². The second kappa shape index (κ2) is 5.48. The largest absolute Gasteiger partial charge is 0.480 e. The van der Waals surface area contributed by atoms with Crippen LogP contribution < -0.4 is 5.73 Å². The summed E-state index contributed by atoms with van der Waals surface area (Å²) in [5.74, 6) is -0.224. The lowest BCUT2D eigenvalue weighted by molar-refractivity contribution is -0.138. The number of hydrogen-bond donors (Lipinski definition) is 2. The molecular formula is C9H14N2O2S2. The number of carbonyl (C=O) groups is 1. The van der Waals surface area contributed by atoms with Crippen molar-refractivity contribution in [3.63, 3.8) is 0 Å². The van der Waals surface area contributed by atoms with Gasteiger partial charge < -0.3 is 10.8 Å². The Morgan fingerprint density at radius 1 is 1.73 bits per heavy atom. The van der Waals surface area contributed by atoms with Crippen LogP contribution in [0.1, 0.15) is 30.6 Å². The molecule has 0 saturated carbocycles. The third kappa shape index (κ3) is 3.81. The number of aliphatic carboxylic acids is 1. The number of aromatic nitrogens is 1. The molecule has 0 radical (unpaired) electrons. The van der Waals surface area contributed by atoms with Crippen molar-refractivity contribution in [3.05, 3.63) is 16.1 Å². The average Bonchev–Trinajstić information content (AvgIpc) is 2.61. The van der Waals surface area contributed by atoms with E-state index in [2.05, 4.69) is 18.8 Å². The van der Waals surface area contributed by atoms with Crippen molar-refractivity contribution in [1.29, 1.82) is 0 Å². The SMILES string of the molecule is CC(C)SCc1nc(C(N)C(=O)O)cs1. The Kier molecular flexibility index (Phi) is 4.56. The number of nitrogens with zero attached hydrogens (tertiary/aromatic N) is 1. The van der Waals surface area contributed by atoms with Crippen molar-refractivity contribution in [2.24, 2.45) is 5.73 Å². The molecule has 4 nitrogen and oxygen atoms in total. The molecule has 1 unspecified atom stereocenters. The van der Waals surface area contributed by atoms with Gasteiger partial charge in [0.1, 0.15) is 11.0 Å². The lowest BCUT2D eigenvalue weighted by Crippen LogP contribution is -2.20. The van der Waals surface area contributed by atoms with E-state index in [0.717, 1.165) is 10.8 Å². The van der Waals surface area contributed by atoms with Gasteiger partial charge in [0.2, 0.25) is 0 Å². The summed E-state index contributed by atoms with van der Waals surface area (Å²) < 4.78 is 0. The number of hydrogen-bond acceptors (Lipinski definition) is 5. The number of carboxylic acid groups (broad SMARTS) is 1. The highest BCUT2D eigenvalue weighted by Crippen LogP contribution is 2.22. The topological polar surface area (TPSA) is 76.2 Å². The molecule has 1 heterocycles. The summed E-state index contributed by atoms with van der Waals surface area (Å²) in [4.78, 5) is 14.8. The van der Waals surface area contributed by atoms with Crippen LogP contribution in [0, 0.1) is 0 Å². The molecule has 84 valence electrons. The fourth-order valence-electron chi connectivity index (χ4n) is 0.899. The van der Waals surface area contributed by atoms with Crippen LogP contribution in [-0.4, -0.2) is 21.3 Å². The van der Waals surface area contributed by atoms with E-state index in [-0.39, 0.29) is 0 Å². The van der Waals surface area contributed by atoms with E-state index in [1.165, 1.54) is 11.3 Å². The van der Waals surface area contributed by atoms with E-state index in [9.17, 15) is 4.79 Å². The third-order valence-corrected chi connectivity index (χ3v) is 3.85. The zero-order valence-corrected chi connectivity index (χ0v) is 10.3. The van der Waals surface area contributed by atoms with Gasteiger partial charge in [-0.15, -0.1) is 11.3 Å². The summed E-state index contributed by atoms with van der Waals surface area (Å²) in [7, 11) is 0. The molecule has 0 aliphatic rings. The molecule has 0 saturated heterocycles. The predicted octanol–water partition coefficient (Wildman–Crippen LogP) is 1.87. The third-order valence-electron chi connectivity index (χ3n) is 1.69. The van der Waals surface area contributed by atoms with E-state index < -0.39 is 12.0 Å². The number of carboxylic acids is 1. The van der Waals surface area contributed by atoms with Gasteiger partial charge in [0.15, 0.2) is 0 Å². The molecule has 1 aromatic rings. The fourth-order valence-corrected chi connectivity index (χ4v) is 2.53. The van der Waals surface area contributed by atoms with Crippen LogP contribution >= 0.6 is 23.1 Å². The van der Waals surface area contributed by atoms with Gasteiger partial charge in [0.05, 0.1) is 5.69 Å². The molecule has 0 fully saturated rings. The first-order valence-corrected chi connectivity index (χ1v) is 6.48. The molecule has 15 heavy (non-hydrogen) atoms. The Hall–Kier alpha value is -0.590. The van der Waals surface area contributed by atoms with Gasteiger partial charge in [-0.2, -0.15) is 11.8 Å². The zero-order chi connectivity index (χ0) is 11.4. The second-order valence-corrected chi connectivity index (χ2v) is 5.85. The van der Waals surface area contributed by atoms with E-state index in [1.54, 1.807) is 17.1 Å². The summed E-state index contributed by atoms with van der Waals surface area (Å²) in [6, 6.07) is -1.00. The number of nitrogens with two attached hydrogens (primary N) is 1. The lowest BCUT2D eigenvalue weighted by atomic mass is 10.2. The molecule has 0 aliphatic carbocycles. The quantitative estimate of drug-likeness (QED) is 0.829. The highest BCUT2D eigenvalue weighted by molar-refractivity contribution is 7.99. The maximum atomic E-state index is 10.6. The highest BCUT2D eigenvalue weighted by atomic mass is 32.2. The Balaban J connectivity index is 2.60. The number of rotatable bonds is 5. The minimum Gasteiger partial charge on any atom is -0.480 e. The van der Waals surface area contributed by atoms with E-state index in [0.29, 0.717) is 10.9 Å². The smallest absolute Gasteiger partial charge is 0.326 e. The maximum absolute atomic E-state index is 10.6. The Labute approximate surface area is 96.9 Å². The summed E-state index contributed by atoms with van der Waals surface area (Å²) in [5.41, 5.74) is 5.90. The van der Waals surface area contributed by atoms with Crippen molar-refractivity contribution >= 4 is 29.1 Å². The zero-order valence-electron chi connectivity index (χ0n) is 8.64. The second-order valence-electron chi connectivity index (χ2n) is 3.34. The van der Waals surface area contributed by atoms with Gasteiger partial charge in [0.25, 0.3) is 0 Å². The minimum absolute atomic E-state index is 0.451. The van der Waals surface area contributed by atoms with E-state index in [1.807, 2.05) is 0 Å². The van der Waals surface area contributed by atoms with Crippen molar-refractivity contribution in [1.82, 2.24) is 4.98 Å². The van der Waals surface area contributed by atoms with Gasteiger partial charge in [-0.05, 0) is 5.25 Å². The van der Waals surface area contributed by atoms with E-state index in [4.69, 9.17) is 10.8 Å². The number of thiazole rings is 1. The standard InChI is InChI=1S/C9H14N2O2S2/c1-5(2)14-4-7-11-6(3-15-7)8(10)9(12)13/h3,5,8H,4,10H2,1-2H3,(H,12,13). The molecule has 0 amide bonds. The Bertz CT molecular complexity index is 339. The van der Waals surface area contributed by atoms with E-state index >= 15 is 0 Å². The van der Waals surface area contributed by atoms with Gasteiger partial charge in [-0.1, -0.05) is 13.8 Å². The van der Waals surface area contributed by atoms with Crippen molar-refractivity contribution in [2.75, 3.05) is 0 Å². The van der Waals surface area contributed by atoms with Gasteiger partial charge in [0, 0.05) is 11.1 Å². The first kappa shape index (κ1) is 12.5. The van der Waals surface area contributed by atoms with Crippen LogP contribution in [-0.2, 0) is 10.5 Å². The maximum Gasteiger partial charge on any atom is 0.326 e. The van der Waals surface area contributed by atoms with Crippen LogP contribution in [0.4, 0.5) is 0 Å². The van der Waals surface area contributed by atoms with Crippen LogP contribution in [0.2, 0.25) is 0 Å². The summed E-state index contributed by atoms with van der Waals surface area (Å²) >= 11 is 3.24. The molecule has 0 aromatic carbocycles. The molecule has 6 heteroatoms. The predicted molar refractivity (Wildman–Crippen MR) is 63.1 cm³/mol. The summed E-state index contributed by atoms with van der Waals surface area (Å²) in [6.45, 7) is 4.23. The van der Waals surface area contributed by atoms with Crippen molar-refractivity contribution < 1.29 is 9.90 Å². The van der Waals surface area contributed by atoms with Gasteiger partial charge in [-0.25, -0.2) is 4.98 Å². The molecule has 1 aromatic heterocycles. The summed E-state index contributed by atoms with van der Waals surface area (Å²) in [6.07, 6.45) is 0. The van der Waals surface area contributed by atoms with Gasteiger partial charge >= 0.3 is 5.97 Å². The number of thioether (sulfide) groups is 1. The Morgan fingerprint density at radius 3 is 2.93 bits per heavy atom. The van der Waals surface area contributed by atoms with Gasteiger partial charge in [-0.3, -0.25) is 4.79 Å². The van der Waals surface area contributed by atoms with Crippen molar-refractivity contribution in [2.45, 2.75) is 30.9 Å².